The predicted molar refractivity (Wildman–Crippen MR) is 121 cm³/mol. The lowest BCUT2D eigenvalue weighted by atomic mass is 10.1. The zero-order chi connectivity index (χ0) is 21.0. The number of hydrogen-bond acceptors (Lipinski definition) is 6. The van der Waals surface area contributed by atoms with Gasteiger partial charge in [0.25, 0.3) is 5.91 Å². The number of likely N-dealkylation sites (N-methyl/N-ethyl adjacent to an activating group) is 1. The Labute approximate surface area is 180 Å². The first kappa shape index (κ1) is 21.2. The van der Waals surface area contributed by atoms with Crippen LogP contribution < -0.4 is 14.2 Å². The van der Waals surface area contributed by atoms with Gasteiger partial charge in [-0.1, -0.05) is 47.7 Å². The van der Waals surface area contributed by atoms with Crippen LogP contribution in [0.2, 0.25) is 0 Å². The van der Waals surface area contributed by atoms with Crippen molar-refractivity contribution in [2.24, 2.45) is 0 Å². The maximum Gasteiger partial charge on any atom is 0.265 e. The fourth-order valence-corrected chi connectivity index (χ4v) is 4.03. The van der Waals surface area contributed by atoms with Gasteiger partial charge in [0.1, 0.15) is 23.3 Å². The predicted octanol–water partition coefficient (Wildman–Crippen LogP) is 4.60. The van der Waals surface area contributed by atoms with Crippen LogP contribution in [0.4, 0.5) is 0 Å². The first-order valence-corrected chi connectivity index (χ1v) is 10.3. The molecule has 1 heterocycles. The van der Waals surface area contributed by atoms with E-state index in [2.05, 4.69) is 13.0 Å². The molecule has 0 atom stereocenters. The number of thioether (sulfide) groups is 1. The van der Waals surface area contributed by atoms with E-state index in [1.165, 1.54) is 22.2 Å². The van der Waals surface area contributed by atoms with Crippen LogP contribution in [0.15, 0.2) is 41.3 Å². The highest BCUT2D eigenvalue weighted by Gasteiger charge is 2.28. The SMILES string of the molecule is COc1cc(C=C2SC(=S)N(C)C2=O)ccc1OCCOc1ccc(C)cc1C. The van der Waals surface area contributed by atoms with Crippen molar-refractivity contribution in [2.45, 2.75) is 13.8 Å². The number of carbonyl (C=O) groups is 1. The number of benzene rings is 2. The summed E-state index contributed by atoms with van der Waals surface area (Å²) in [4.78, 5) is 14.2. The molecule has 5 nitrogen and oxygen atoms in total. The highest BCUT2D eigenvalue weighted by Crippen LogP contribution is 2.34. The lowest BCUT2D eigenvalue weighted by molar-refractivity contribution is -0.121. The van der Waals surface area contributed by atoms with Crippen molar-refractivity contribution in [3.63, 3.8) is 0 Å². The molecule has 3 rings (SSSR count). The number of rotatable bonds is 7. The van der Waals surface area contributed by atoms with Crippen LogP contribution >= 0.6 is 24.0 Å². The monoisotopic (exact) mass is 429 g/mol. The molecule has 1 saturated heterocycles. The fraction of sp³-hybridized carbons (Fsp3) is 0.273. The van der Waals surface area contributed by atoms with Crippen molar-refractivity contribution in [3.8, 4) is 17.2 Å². The zero-order valence-electron chi connectivity index (χ0n) is 16.9. The average Bonchev–Trinajstić information content (AvgIpc) is 2.94. The third-order valence-corrected chi connectivity index (χ3v) is 5.89. The number of aryl methyl sites for hydroxylation is 2. The molecule has 0 radical (unpaired) electrons. The summed E-state index contributed by atoms with van der Waals surface area (Å²) in [6.07, 6.45) is 1.80. The fourth-order valence-electron chi connectivity index (χ4n) is 2.85. The number of methoxy groups -OCH3 is 1. The molecule has 29 heavy (non-hydrogen) atoms. The Morgan fingerprint density at radius 1 is 1.03 bits per heavy atom. The van der Waals surface area contributed by atoms with Gasteiger partial charge in [-0.3, -0.25) is 9.69 Å². The van der Waals surface area contributed by atoms with Gasteiger partial charge < -0.3 is 14.2 Å². The normalized spacial score (nSPS) is 15.2. The van der Waals surface area contributed by atoms with E-state index in [4.69, 9.17) is 26.4 Å². The average molecular weight is 430 g/mol. The molecular formula is C22H23NO4S2. The summed E-state index contributed by atoms with van der Waals surface area (Å²) in [5.41, 5.74) is 3.15. The minimum atomic E-state index is -0.0946. The van der Waals surface area contributed by atoms with Gasteiger partial charge in [-0.25, -0.2) is 0 Å². The van der Waals surface area contributed by atoms with E-state index in [-0.39, 0.29) is 5.91 Å². The number of ether oxygens (including phenoxy) is 3. The van der Waals surface area contributed by atoms with E-state index in [9.17, 15) is 4.79 Å². The Morgan fingerprint density at radius 2 is 1.72 bits per heavy atom. The molecule has 0 saturated carbocycles. The molecule has 1 fully saturated rings. The van der Waals surface area contributed by atoms with E-state index < -0.39 is 0 Å². The van der Waals surface area contributed by atoms with Gasteiger partial charge >= 0.3 is 0 Å². The molecule has 0 spiro atoms. The zero-order valence-corrected chi connectivity index (χ0v) is 18.5. The maximum atomic E-state index is 12.2. The highest BCUT2D eigenvalue weighted by molar-refractivity contribution is 8.26. The maximum absolute atomic E-state index is 12.2. The van der Waals surface area contributed by atoms with Crippen LogP contribution in [0, 0.1) is 13.8 Å². The lowest BCUT2D eigenvalue weighted by Crippen LogP contribution is -2.22. The van der Waals surface area contributed by atoms with E-state index in [1.807, 2.05) is 37.3 Å². The van der Waals surface area contributed by atoms with Crippen LogP contribution in [-0.2, 0) is 4.79 Å². The van der Waals surface area contributed by atoms with Crippen LogP contribution in [0.25, 0.3) is 6.08 Å². The Hall–Kier alpha value is -2.51. The summed E-state index contributed by atoms with van der Waals surface area (Å²) in [7, 11) is 3.26. The van der Waals surface area contributed by atoms with E-state index in [1.54, 1.807) is 20.2 Å². The van der Waals surface area contributed by atoms with Gasteiger partial charge in [-0.2, -0.15) is 0 Å². The van der Waals surface area contributed by atoms with Crippen LogP contribution in [-0.4, -0.2) is 42.5 Å². The highest BCUT2D eigenvalue weighted by atomic mass is 32.2. The van der Waals surface area contributed by atoms with E-state index in [0.717, 1.165) is 16.9 Å². The van der Waals surface area contributed by atoms with Gasteiger partial charge in [-0.05, 0) is 49.2 Å². The van der Waals surface area contributed by atoms with Gasteiger partial charge in [0.2, 0.25) is 0 Å². The molecule has 2 aromatic rings. The number of nitrogens with zero attached hydrogens (tertiary/aromatic N) is 1. The first-order chi connectivity index (χ1) is 13.9. The van der Waals surface area contributed by atoms with Gasteiger partial charge in [0, 0.05) is 7.05 Å². The van der Waals surface area contributed by atoms with Crippen LogP contribution in [0.1, 0.15) is 16.7 Å². The summed E-state index contributed by atoms with van der Waals surface area (Å²) < 4.78 is 17.6. The third-order valence-electron chi connectivity index (χ3n) is 4.40. The summed E-state index contributed by atoms with van der Waals surface area (Å²) in [5, 5.41) is 0. The molecule has 0 aromatic heterocycles. The number of amides is 1. The second kappa shape index (κ2) is 9.33. The third kappa shape index (κ3) is 5.10. The Balaban J connectivity index is 1.62. The molecule has 2 aromatic carbocycles. The smallest absolute Gasteiger partial charge is 0.265 e. The van der Waals surface area contributed by atoms with Crippen LogP contribution in [0.5, 0.6) is 17.2 Å². The number of carbonyl (C=O) groups excluding carboxylic acids is 1. The van der Waals surface area contributed by atoms with E-state index >= 15 is 0 Å². The summed E-state index contributed by atoms with van der Waals surface area (Å²) in [6.45, 7) is 4.89. The second-order valence-corrected chi connectivity index (χ2v) is 8.29. The minimum absolute atomic E-state index is 0.0946. The van der Waals surface area contributed by atoms with Crippen molar-refractivity contribution in [2.75, 3.05) is 27.4 Å². The Kier molecular flexibility index (Phi) is 6.82. The molecule has 0 unspecified atom stereocenters. The molecule has 0 bridgehead atoms. The summed E-state index contributed by atoms with van der Waals surface area (Å²) in [5.74, 6) is 1.98. The van der Waals surface area contributed by atoms with Crippen molar-refractivity contribution in [3.05, 3.63) is 58.0 Å². The van der Waals surface area contributed by atoms with Crippen molar-refractivity contribution in [1.82, 2.24) is 4.90 Å². The molecule has 7 heteroatoms. The largest absolute Gasteiger partial charge is 0.493 e. The molecule has 1 aliphatic rings. The summed E-state index contributed by atoms with van der Waals surface area (Å²) in [6, 6.07) is 11.6. The van der Waals surface area contributed by atoms with Gasteiger partial charge in [0.15, 0.2) is 11.5 Å². The van der Waals surface area contributed by atoms with E-state index in [0.29, 0.717) is 33.9 Å². The minimum Gasteiger partial charge on any atom is -0.493 e. The Morgan fingerprint density at radius 3 is 2.34 bits per heavy atom. The molecule has 1 aliphatic heterocycles. The Bertz CT molecular complexity index is 971. The molecule has 152 valence electrons. The summed E-state index contributed by atoms with van der Waals surface area (Å²) >= 11 is 6.45. The first-order valence-electron chi connectivity index (χ1n) is 9.11. The molecule has 0 N–H and O–H groups in total. The van der Waals surface area contributed by atoms with Crippen LogP contribution in [0.3, 0.4) is 0 Å². The van der Waals surface area contributed by atoms with Gasteiger partial charge in [-0.15, -0.1) is 0 Å². The number of hydrogen-bond donors (Lipinski definition) is 0. The lowest BCUT2D eigenvalue weighted by Gasteiger charge is -2.13. The molecule has 0 aliphatic carbocycles. The molecular weight excluding hydrogens is 406 g/mol. The number of thiocarbonyl (C=S) groups is 1. The standard InChI is InChI=1S/C22H23NO4S2/c1-14-5-7-17(15(2)11-14)26-9-10-27-18-8-6-16(12-19(18)25-4)13-20-21(24)23(3)22(28)29-20/h5-8,11-13H,9-10H2,1-4H3. The van der Waals surface area contributed by atoms with Crippen molar-refractivity contribution in [1.29, 1.82) is 0 Å². The van der Waals surface area contributed by atoms with Gasteiger partial charge in [0.05, 0.1) is 12.0 Å². The van der Waals surface area contributed by atoms with Crippen molar-refractivity contribution < 1.29 is 19.0 Å². The second-order valence-electron chi connectivity index (χ2n) is 6.62. The quantitative estimate of drug-likeness (QED) is 0.364. The molecule has 1 amide bonds. The topological polar surface area (TPSA) is 48.0 Å². The van der Waals surface area contributed by atoms with Crippen molar-refractivity contribution >= 4 is 40.3 Å².